The topological polar surface area (TPSA) is 94.6 Å². The molecule has 0 spiro atoms. The van der Waals surface area contributed by atoms with Crippen molar-refractivity contribution in [3.63, 3.8) is 0 Å². The second-order valence-corrected chi connectivity index (χ2v) is 9.72. The van der Waals surface area contributed by atoms with Crippen molar-refractivity contribution in [1.29, 1.82) is 0 Å². The molecule has 2 aliphatic rings. The largest absolute Gasteiger partial charge is 0.416 e. The summed E-state index contributed by atoms with van der Waals surface area (Å²) in [5.41, 5.74) is 0.0205. The number of benzene rings is 1. The smallest absolute Gasteiger partial charge is 0.369 e. The molecule has 0 bridgehead atoms. The van der Waals surface area contributed by atoms with E-state index in [-0.39, 0.29) is 29.0 Å². The van der Waals surface area contributed by atoms with E-state index in [9.17, 15) is 27.9 Å². The highest BCUT2D eigenvalue weighted by atomic mass is 19.4. The first-order valence-electron chi connectivity index (χ1n) is 12.3. The molecule has 3 N–H and O–H groups in total. The predicted molar refractivity (Wildman–Crippen MR) is 129 cm³/mol. The van der Waals surface area contributed by atoms with E-state index in [0.29, 0.717) is 37.5 Å². The number of aromatic nitrogens is 1. The Morgan fingerprint density at radius 3 is 2.56 bits per heavy atom. The lowest BCUT2D eigenvalue weighted by molar-refractivity contribution is -0.137. The first-order chi connectivity index (χ1) is 17.1. The molecule has 10 heteroatoms. The monoisotopic (exact) mass is 504 g/mol. The van der Waals surface area contributed by atoms with Crippen LogP contribution in [0, 0.1) is 18.8 Å². The average molecular weight is 505 g/mol. The number of likely N-dealkylation sites (tertiary alicyclic amines) is 1. The van der Waals surface area contributed by atoms with Crippen LogP contribution in [0.25, 0.3) is 0 Å². The van der Waals surface area contributed by atoms with E-state index < -0.39 is 18.0 Å². The number of aryl methyl sites for hydroxylation is 1. The van der Waals surface area contributed by atoms with Gasteiger partial charge in [-0.15, -0.1) is 0 Å². The molecule has 1 saturated carbocycles. The number of halogens is 3. The van der Waals surface area contributed by atoms with Crippen LogP contribution in [-0.2, 0) is 15.8 Å². The first-order valence-corrected chi connectivity index (χ1v) is 12.3. The Morgan fingerprint density at radius 1 is 1.19 bits per heavy atom. The van der Waals surface area contributed by atoms with Crippen molar-refractivity contribution < 1.29 is 27.9 Å². The van der Waals surface area contributed by atoms with Gasteiger partial charge in [-0.3, -0.25) is 9.59 Å². The number of aliphatic hydroxyl groups excluding tert-OH is 1. The lowest BCUT2D eigenvalue weighted by Crippen LogP contribution is -2.34. The Hall–Kier alpha value is -3.14. The summed E-state index contributed by atoms with van der Waals surface area (Å²) in [4.78, 5) is 31.0. The molecule has 1 aliphatic heterocycles. The zero-order valence-corrected chi connectivity index (χ0v) is 20.1. The van der Waals surface area contributed by atoms with Gasteiger partial charge in [0.05, 0.1) is 5.56 Å². The van der Waals surface area contributed by atoms with Gasteiger partial charge >= 0.3 is 6.18 Å². The average Bonchev–Trinajstić information content (AvgIpc) is 3.24. The number of carbonyl (C=O) groups excluding carboxylic acids is 2. The molecule has 1 aromatic carbocycles. The number of pyridine rings is 1. The third-order valence-corrected chi connectivity index (χ3v) is 7.00. The molecule has 1 aliphatic carbocycles. The van der Waals surface area contributed by atoms with Crippen molar-refractivity contribution >= 4 is 23.3 Å². The van der Waals surface area contributed by atoms with E-state index in [1.54, 1.807) is 18.3 Å². The number of anilines is 2. The molecule has 1 saturated heterocycles. The normalized spacial score (nSPS) is 21.4. The van der Waals surface area contributed by atoms with Crippen LogP contribution in [0.15, 0.2) is 36.5 Å². The quantitative estimate of drug-likeness (QED) is 0.468. The third-order valence-electron chi connectivity index (χ3n) is 7.00. The lowest BCUT2D eigenvalue weighted by Gasteiger charge is -2.31. The van der Waals surface area contributed by atoms with Gasteiger partial charge in [0.25, 0.3) is 0 Å². The van der Waals surface area contributed by atoms with E-state index in [0.717, 1.165) is 49.6 Å². The number of hydrogen-bond donors (Lipinski definition) is 3. The van der Waals surface area contributed by atoms with Crippen molar-refractivity contribution in [3.05, 3.63) is 53.2 Å². The first kappa shape index (κ1) is 25.9. The van der Waals surface area contributed by atoms with Gasteiger partial charge in [-0.1, -0.05) is 12.1 Å². The van der Waals surface area contributed by atoms with Gasteiger partial charge in [0.1, 0.15) is 5.82 Å². The number of amides is 2. The molecule has 7 nitrogen and oxygen atoms in total. The fourth-order valence-electron chi connectivity index (χ4n) is 4.90. The molecular weight excluding hydrogens is 473 g/mol. The minimum Gasteiger partial charge on any atom is -0.369 e. The van der Waals surface area contributed by atoms with E-state index in [1.807, 2.05) is 11.8 Å². The molecule has 36 heavy (non-hydrogen) atoms. The molecule has 1 atom stereocenters. The fourth-order valence-corrected chi connectivity index (χ4v) is 4.90. The minimum atomic E-state index is -4.60. The molecule has 2 heterocycles. The van der Waals surface area contributed by atoms with Crippen molar-refractivity contribution in [2.24, 2.45) is 11.8 Å². The number of hydrogen-bond acceptors (Lipinski definition) is 5. The van der Waals surface area contributed by atoms with Crippen molar-refractivity contribution in [1.82, 2.24) is 9.88 Å². The molecule has 0 radical (unpaired) electrons. The van der Waals surface area contributed by atoms with Crippen LogP contribution < -0.4 is 10.6 Å². The summed E-state index contributed by atoms with van der Waals surface area (Å²) in [6.07, 6.45) is -0.149. The molecule has 2 fully saturated rings. The van der Waals surface area contributed by atoms with Crippen molar-refractivity contribution in [3.8, 4) is 0 Å². The highest BCUT2D eigenvalue weighted by Crippen LogP contribution is 2.36. The Morgan fingerprint density at radius 2 is 1.94 bits per heavy atom. The van der Waals surface area contributed by atoms with Crippen LogP contribution in [-0.4, -0.2) is 39.9 Å². The van der Waals surface area contributed by atoms with Gasteiger partial charge in [0.15, 0.2) is 6.23 Å². The highest BCUT2D eigenvalue weighted by molar-refractivity contribution is 5.93. The third kappa shape index (κ3) is 6.34. The molecule has 1 aromatic heterocycles. The maximum atomic E-state index is 13.4. The van der Waals surface area contributed by atoms with Crippen LogP contribution >= 0.6 is 0 Å². The van der Waals surface area contributed by atoms with E-state index in [1.165, 1.54) is 0 Å². The standard InChI is InChI=1S/C26H31F3N4O3/c1-16-4-11-22(30-14-16)32-25(36)20-10-9-19(26(27,28)29)13-21(20)31-24(35)18-7-5-17(6-8-18)15-33-12-2-3-23(33)34/h4,9-11,13-14,17-18,25,36H,2-3,5-8,12,15H2,1H3,(H,30,32)(H,31,35). The second kappa shape index (κ2) is 10.9. The Bertz CT molecular complexity index is 1080. The lowest BCUT2D eigenvalue weighted by atomic mass is 9.81. The Labute approximate surface area is 208 Å². The zero-order valence-electron chi connectivity index (χ0n) is 20.1. The van der Waals surface area contributed by atoms with Gasteiger partial charge < -0.3 is 20.6 Å². The van der Waals surface area contributed by atoms with Gasteiger partial charge in [0, 0.05) is 42.9 Å². The minimum absolute atomic E-state index is 0.0910. The number of alkyl halides is 3. The molecule has 2 amide bonds. The van der Waals surface area contributed by atoms with Crippen molar-refractivity contribution in [2.45, 2.75) is 57.9 Å². The van der Waals surface area contributed by atoms with E-state index in [2.05, 4.69) is 15.6 Å². The highest BCUT2D eigenvalue weighted by Gasteiger charge is 2.33. The maximum Gasteiger partial charge on any atom is 0.416 e. The summed E-state index contributed by atoms with van der Waals surface area (Å²) >= 11 is 0. The van der Waals surface area contributed by atoms with Gasteiger partial charge in [-0.2, -0.15) is 13.2 Å². The number of nitrogens with one attached hydrogen (secondary N) is 2. The summed E-state index contributed by atoms with van der Waals surface area (Å²) < 4.78 is 40.2. The summed E-state index contributed by atoms with van der Waals surface area (Å²) in [5.74, 6) is 0.141. The van der Waals surface area contributed by atoms with Gasteiger partial charge in [-0.05, 0) is 68.7 Å². The number of nitrogens with zero attached hydrogens (tertiary/aromatic N) is 2. The summed E-state index contributed by atoms with van der Waals surface area (Å²) in [7, 11) is 0. The van der Waals surface area contributed by atoms with Crippen LogP contribution in [0.3, 0.4) is 0 Å². The fraction of sp³-hybridized carbons (Fsp3) is 0.500. The molecule has 2 aromatic rings. The zero-order chi connectivity index (χ0) is 25.9. The second-order valence-electron chi connectivity index (χ2n) is 9.72. The summed E-state index contributed by atoms with van der Waals surface area (Å²) in [6, 6.07) is 6.32. The van der Waals surface area contributed by atoms with E-state index >= 15 is 0 Å². The van der Waals surface area contributed by atoms with Crippen LogP contribution in [0.1, 0.15) is 61.4 Å². The SMILES string of the molecule is Cc1ccc(NC(O)c2ccc(C(F)(F)F)cc2NC(=O)C2CCC(CN3CCCC3=O)CC2)nc1. The summed E-state index contributed by atoms with van der Waals surface area (Å²) in [5, 5.41) is 16.1. The van der Waals surface area contributed by atoms with Gasteiger partial charge in [-0.25, -0.2) is 4.98 Å². The molecule has 1 unspecified atom stereocenters. The summed E-state index contributed by atoms with van der Waals surface area (Å²) in [6.45, 7) is 3.35. The number of carbonyl (C=O) groups is 2. The molecular formula is C26H31F3N4O3. The van der Waals surface area contributed by atoms with Crippen LogP contribution in [0.5, 0.6) is 0 Å². The molecule has 194 valence electrons. The Kier molecular flexibility index (Phi) is 7.82. The Balaban J connectivity index is 1.44. The van der Waals surface area contributed by atoms with E-state index in [4.69, 9.17) is 0 Å². The molecule has 4 rings (SSSR count). The van der Waals surface area contributed by atoms with Crippen LogP contribution in [0.2, 0.25) is 0 Å². The number of aliphatic hydroxyl groups is 1. The van der Waals surface area contributed by atoms with Crippen LogP contribution in [0.4, 0.5) is 24.7 Å². The predicted octanol–water partition coefficient (Wildman–Crippen LogP) is 4.88. The maximum absolute atomic E-state index is 13.4. The number of rotatable bonds is 7. The van der Waals surface area contributed by atoms with Crippen molar-refractivity contribution in [2.75, 3.05) is 23.7 Å². The van der Waals surface area contributed by atoms with Gasteiger partial charge in [0.2, 0.25) is 11.8 Å².